The molecular formula is C20H16N4O5S2. The zero-order chi connectivity index (χ0) is 22.0. The second-order valence-corrected chi connectivity index (χ2v) is 9.28. The minimum Gasteiger partial charge on any atom is -0.456 e. The Morgan fingerprint density at radius 1 is 1.13 bits per heavy atom. The third-order valence-electron chi connectivity index (χ3n) is 4.20. The molecule has 0 fully saturated rings. The topological polar surface area (TPSA) is 120 Å². The normalized spacial score (nSPS) is 11.4. The number of nitrogens with zero attached hydrogens (tertiary/aromatic N) is 3. The largest absolute Gasteiger partial charge is 0.456 e. The van der Waals surface area contributed by atoms with Gasteiger partial charge in [0.2, 0.25) is 4.96 Å². The molecule has 11 heteroatoms. The van der Waals surface area contributed by atoms with Gasteiger partial charge in [0.1, 0.15) is 11.6 Å². The summed E-state index contributed by atoms with van der Waals surface area (Å²) in [7, 11) is -3.88. The molecule has 4 rings (SSSR count). The fourth-order valence-corrected chi connectivity index (χ4v) is 4.66. The highest BCUT2D eigenvalue weighted by molar-refractivity contribution is 7.92. The second kappa shape index (κ2) is 8.28. The lowest BCUT2D eigenvalue weighted by molar-refractivity contribution is 0.0469. The molecule has 2 aromatic carbocycles. The third kappa shape index (κ3) is 4.47. The van der Waals surface area contributed by atoms with Crippen LogP contribution in [0.2, 0.25) is 0 Å². The molecule has 0 spiro atoms. The first-order valence-corrected chi connectivity index (χ1v) is 11.3. The molecule has 0 amide bonds. The van der Waals surface area contributed by atoms with Crippen molar-refractivity contribution in [2.24, 2.45) is 0 Å². The predicted molar refractivity (Wildman–Crippen MR) is 115 cm³/mol. The predicted octanol–water partition coefficient (Wildman–Crippen LogP) is 2.62. The minimum absolute atomic E-state index is 0.0356. The van der Waals surface area contributed by atoms with E-state index in [0.29, 0.717) is 9.97 Å². The van der Waals surface area contributed by atoms with E-state index >= 15 is 0 Å². The standard InChI is InChI=1S/C20H16N4O5S2/c1-13-22-24-18(25)11-14(21-20(24)30-13)12-29-19(26)16-9-5-6-10-17(16)23-31(27,28)15-7-3-2-4-8-15/h2-11,23H,12H2,1H3. The van der Waals surface area contributed by atoms with Crippen LogP contribution in [0.5, 0.6) is 0 Å². The van der Waals surface area contributed by atoms with Gasteiger partial charge in [0.25, 0.3) is 15.6 Å². The summed E-state index contributed by atoms with van der Waals surface area (Å²) in [5, 5.41) is 4.73. The average Bonchev–Trinajstić information content (AvgIpc) is 3.13. The first kappa shape index (κ1) is 20.7. The molecule has 9 nitrogen and oxygen atoms in total. The third-order valence-corrected chi connectivity index (χ3v) is 6.40. The van der Waals surface area contributed by atoms with Crippen molar-refractivity contribution in [3.8, 4) is 0 Å². The van der Waals surface area contributed by atoms with Gasteiger partial charge in [0.15, 0.2) is 0 Å². The Bertz CT molecular complexity index is 1430. The van der Waals surface area contributed by atoms with Crippen LogP contribution in [-0.4, -0.2) is 29.0 Å². The first-order valence-electron chi connectivity index (χ1n) is 9.04. The molecule has 2 heterocycles. The van der Waals surface area contributed by atoms with Gasteiger partial charge in [-0.15, -0.1) is 0 Å². The smallest absolute Gasteiger partial charge is 0.340 e. The van der Waals surface area contributed by atoms with Crippen LogP contribution in [0, 0.1) is 6.92 Å². The van der Waals surface area contributed by atoms with Gasteiger partial charge in [-0.2, -0.15) is 9.61 Å². The number of nitrogens with one attached hydrogen (secondary N) is 1. The Kier molecular flexibility index (Phi) is 5.53. The van der Waals surface area contributed by atoms with Crippen LogP contribution >= 0.6 is 11.3 Å². The van der Waals surface area contributed by atoms with Crippen molar-refractivity contribution >= 4 is 38.0 Å². The number of anilines is 1. The number of hydrogen-bond acceptors (Lipinski definition) is 8. The van der Waals surface area contributed by atoms with Crippen molar-refractivity contribution in [1.82, 2.24) is 14.6 Å². The van der Waals surface area contributed by atoms with Crippen molar-refractivity contribution in [1.29, 1.82) is 0 Å². The van der Waals surface area contributed by atoms with E-state index in [1.54, 1.807) is 37.3 Å². The molecule has 0 aliphatic heterocycles. The average molecular weight is 457 g/mol. The molecule has 0 saturated heterocycles. The summed E-state index contributed by atoms with van der Waals surface area (Å²) >= 11 is 1.24. The molecule has 0 aliphatic rings. The van der Waals surface area contributed by atoms with Crippen molar-refractivity contribution in [3.05, 3.63) is 87.3 Å². The van der Waals surface area contributed by atoms with Gasteiger partial charge in [-0.1, -0.05) is 41.7 Å². The second-order valence-electron chi connectivity index (χ2n) is 6.44. The zero-order valence-corrected chi connectivity index (χ0v) is 17.8. The molecule has 4 aromatic rings. The van der Waals surface area contributed by atoms with Gasteiger partial charge in [-0.3, -0.25) is 9.52 Å². The van der Waals surface area contributed by atoms with E-state index in [9.17, 15) is 18.0 Å². The van der Waals surface area contributed by atoms with Gasteiger partial charge >= 0.3 is 5.97 Å². The SMILES string of the molecule is Cc1nn2c(=O)cc(COC(=O)c3ccccc3NS(=O)(=O)c3ccccc3)nc2s1. The van der Waals surface area contributed by atoms with Crippen molar-refractivity contribution in [2.45, 2.75) is 18.4 Å². The number of aryl methyl sites for hydroxylation is 1. The van der Waals surface area contributed by atoms with Gasteiger partial charge in [-0.05, 0) is 31.2 Å². The molecule has 0 unspecified atom stereocenters. The Morgan fingerprint density at radius 2 is 1.84 bits per heavy atom. The molecule has 0 saturated carbocycles. The van der Waals surface area contributed by atoms with Crippen LogP contribution in [0.1, 0.15) is 21.1 Å². The fraction of sp³-hybridized carbons (Fsp3) is 0.100. The monoisotopic (exact) mass is 456 g/mol. The quantitative estimate of drug-likeness (QED) is 0.443. The summed E-state index contributed by atoms with van der Waals surface area (Å²) in [5.41, 5.74) is 0.00660. The van der Waals surface area contributed by atoms with E-state index in [1.807, 2.05) is 0 Å². The van der Waals surface area contributed by atoms with Crippen LogP contribution in [0.25, 0.3) is 4.96 Å². The van der Waals surface area contributed by atoms with E-state index in [-0.39, 0.29) is 34.0 Å². The molecule has 158 valence electrons. The van der Waals surface area contributed by atoms with Crippen molar-refractivity contribution in [3.63, 3.8) is 0 Å². The maximum Gasteiger partial charge on any atom is 0.340 e. The summed E-state index contributed by atoms with van der Waals surface area (Å²) in [5.74, 6) is -0.756. The number of ether oxygens (including phenoxy) is 1. The number of carbonyl (C=O) groups is 1. The summed E-state index contributed by atoms with van der Waals surface area (Å²) in [4.78, 5) is 29.5. The number of benzene rings is 2. The van der Waals surface area contributed by atoms with E-state index < -0.39 is 16.0 Å². The summed E-state index contributed by atoms with van der Waals surface area (Å²) < 4.78 is 34.1. The van der Waals surface area contributed by atoms with Gasteiger partial charge < -0.3 is 4.74 Å². The Balaban J connectivity index is 1.54. The number of sulfonamides is 1. The lowest BCUT2D eigenvalue weighted by atomic mass is 10.2. The van der Waals surface area contributed by atoms with E-state index in [1.165, 1.54) is 46.2 Å². The summed E-state index contributed by atoms with van der Waals surface area (Å²) in [6, 6.07) is 15.2. The molecule has 1 N–H and O–H groups in total. The van der Waals surface area contributed by atoms with Crippen molar-refractivity contribution < 1.29 is 17.9 Å². The molecule has 0 bridgehead atoms. The van der Waals surface area contributed by atoms with Gasteiger partial charge in [0.05, 0.1) is 21.8 Å². The maximum atomic E-state index is 12.6. The number of rotatable bonds is 6. The number of fused-ring (bicyclic) bond motifs is 1. The molecule has 2 aromatic heterocycles. The van der Waals surface area contributed by atoms with Crippen LogP contribution in [-0.2, 0) is 21.4 Å². The Morgan fingerprint density at radius 3 is 2.61 bits per heavy atom. The number of aromatic nitrogens is 3. The summed E-state index contributed by atoms with van der Waals surface area (Å²) in [6.45, 7) is 1.51. The van der Waals surface area contributed by atoms with Gasteiger partial charge in [-0.25, -0.2) is 18.2 Å². The Hall–Kier alpha value is -3.57. The lowest BCUT2D eigenvalue weighted by Crippen LogP contribution is -2.18. The zero-order valence-electron chi connectivity index (χ0n) is 16.2. The number of para-hydroxylation sites is 1. The minimum atomic E-state index is -3.88. The Labute approximate surface area is 181 Å². The highest BCUT2D eigenvalue weighted by Crippen LogP contribution is 2.21. The maximum absolute atomic E-state index is 12.6. The number of esters is 1. The van der Waals surface area contributed by atoms with Crippen LogP contribution in [0.15, 0.2) is 70.4 Å². The molecule has 0 aliphatic carbocycles. The number of hydrogen-bond donors (Lipinski definition) is 1. The highest BCUT2D eigenvalue weighted by Gasteiger charge is 2.19. The van der Waals surface area contributed by atoms with Crippen LogP contribution < -0.4 is 10.3 Å². The van der Waals surface area contributed by atoms with E-state index in [2.05, 4.69) is 14.8 Å². The fourth-order valence-electron chi connectivity index (χ4n) is 2.80. The highest BCUT2D eigenvalue weighted by atomic mass is 32.2. The van der Waals surface area contributed by atoms with E-state index in [0.717, 1.165) is 0 Å². The van der Waals surface area contributed by atoms with E-state index in [4.69, 9.17) is 4.74 Å². The molecular weight excluding hydrogens is 440 g/mol. The molecule has 31 heavy (non-hydrogen) atoms. The number of carbonyl (C=O) groups excluding carboxylic acids is 1. The van der Waals surface area contributed by atoms with Crippen LogP contribution in [0.3, 0.4) is 0 Å². The molecule has 0 atom stereocenters. The van der Waals surface area contributed by atoms with Gasteiger partial charge in [0, 0.05) is 6.07 Å². The lowest BCUT2D eigenvalue weighted by Gasteiger charge is -2.12. The van der Waals surface area contributed by atoms with Crippen LogP contribution in [0.4, 0.5) is 5.69 Å². The summed E-state index contributed by atoms with van der Waals surface area (Å²) in [6.07, 6.45) is 0. The van der Waals surface area contributed by atoms with Crippen molar-refractivity contribution in [2.75, 3.05) is 4.72 Å². The first-order chi connectivity index (χ1) is 14.8. The molecule has 0 radical (unpaired) electrons.